The van der Waals surface area contributed by atoms with Gasteiger partial charge in [0.25, 0.3) is 0 Å². The van der Waals surface area contributed by atoms with E-state index >= 15 is 0 Å². The number of amides is 1. The van der Waals surface area contributed by atoms with Gasteiger partial charge in [0.2, 0.25) is 11.2 Å². The number of aromatic nitrogens is 2. The number of carbonyl (C=O) groups is 1. The Balaban J connectivity index is 1.86. The maximum Gasteiger partial charge on any atom is 0.239 e. The molecule has 112 valence electrons. The molecular formula is C14H17ClN4OS. The molecule has 3 rings (SSSR count). The number of anilines is 1. The number of fused-ring (bicyclic) bond motifs is 1. The highest BCUT2D eigenvalue weighted by molar-refractivity contribution is 7.18. The van der Waals surface area contributed by atoms with Gasteiger partial charge in [-0.2, -0.15) is 4.98 Å². The van der Waals surface area contributed by atoms with Crippen molar-refractivity contribution in [3.63, 3.8) is 0 Å². The van der Waals surface area contributed by atoms with Gasteiger partial charge in [-0.25, -0.2) is 4.98 Å². The minimum Gasteiger partial charge on any atom is -0.352 e. The van der Waals surface area contributed by atoms with Gasteiger partial charge in [-0.15, -0.1) is 11.3 Å². The molecule has 1 N–H and O–H groups in total. The van der Waals surface area contributed by atoms with Crippen LogP contribution in [-0.4, -0.2) is 35.5 Å². The first-order valence-corrected chi connectivity index (χ1v) is 8.22. The molecule has 0 unspecified atom stereocenters. The number of carbonyl (C=O) groups excluding carboxylic acids is 1. The van der Waals surface area contributed by atoms with Gasteiger partial charge in [0.05, 0.1) is 11.9 Å². The van der Waals surface area contributed by atoms with Crippen LogP contribution in [0, 0.1) is 0 Å². The third kappa shape index (κ3) is 3.27. The molecule has 21 heavy (non-hydrogen) atoms. The van der Waals surface area contributed by atoms with E-state index in [0.29, 0.717) is 11.9 Å². The SMILES string of the molecule is CCc1cc2c(N(C)CC(=O)NC3CC3)nc(Cl)nc2s1. The second-order valence-corrected chi connectivity index (χ2v) is 6.75. The molecule has 1 fully saturated rings. The Morgan fingerprint density at radius 2 is 2.29 bits per heavy atom. The van der Waals surface area contributed by atoms with Crippen molar-refractivity contribution in [3.05, 3.63) is 16.2 Å². The minimum absolute atomic E-state index is 0.0221. The van der Waals surface area contributed by atoms with Crippen molar-refractivity contribution in [3.8, 4) is 0 Å². The lowest BCUT2D eigenvalue weighted by atomic mass is 10.3. The Hall–Kier alpha value is -1.40. The summed E-state index contributed by atoms with van der Waals surface area (Å²) in [7, 11) is 1.86. The lowest BCUT2D eigenvalue weighted by Crippen LogP contribution is -2.36. The van der Waals surface area contributed by atoms with Crippen LogP contribution in [-0.2, 0) is 11.2 Å². The number of thiophene rings is 1. The Morgan fingerprint density at radius 1 is 1.52 bits per heavy atom. The molecular weight excluding hydrogens is 308 g/mol. The lowest BCUT2D eigenvalue weighted by Gasteiger charge is -2.18. The van der Waals surface area contributed by atoms with Crippen LogP contribution < -0.4 is 10.2 Å². The molecule has 0 aromatic carbocycles. The fourth-order valence-electron chi connectivity index (χ4n) is 2.19. The number of hydrogen-bond donors (Lipinski definition) is 1. The smallest absolute Gasteiger partial charge is 0.239 e. The molecule has 2 aromatic rings. The van der Waals surface area contributed by atoms with Crippen LogP contribution in [0.4, 0.5) is 5.82 Å². The van der Waals surface area contributed by atoms with E-state index in [1.165, 1.54) is 4.88 Å². The predicted molar refractivity (Wildman–Crippen MR) is 86.2 cm³/mol. The zero-order valence-electron chi connectivity index (χ0n) is 12.0. The van der Waals surface area contributed by atoms with Gasteiger partial charge in [0.15, 0.2) is 0 Å². The Labute approximate surface area is 132 Å². The number of nitrogens with one attached hydrogen (secondary N) is 1. The van der Waals surface area contributed by atoms with Gasteiger partial charge in [-0.1, -0.05) is 6.92 Å². The van der Waals surface area contributed by atoms with E-state index in [0.717, 1.165) is 29.5 Å². The average molecular weight is 325 g/mol. The van der Waals surface area contributed by atoms with Crippen LogP contribution >= 0.6 is 22.9 Å². The van der Waals surface area contributed by atoms with Crippen LogP contribution in [0.2, 0.25) is 5.28 Å². The van der Waals surface area contributed by atoms with Crippen LogP contribution in [0.15, 0.2) is 6.07 Å². The molecule has 0 aliphatic heterocycles. The molecule has 0 atom stereocenters. The van der Waals surface area contributed by atoms with Gasteiger partial charge in [-0.05, 0) is 36.9 Å². The molecule has 7 heteroatoms. The molecule has 1 amide bonds. The molecule has 5 nitrogen and oxygen atoms in total. The lowest BCUT2D eigenvalue weighted by molar-refractivity contribution is -0.119. The normalized spacial score (nSPS) is 14.4. The zero-order chi connectivity index (χ0) is 15.0. The molecule has 0 bridgehead atoms. The van der Waals surface area contributed by atoms with E-state index in [4.69, 9.17) is 11.6 Å². The molecule has 1 aliphatic carbocycles. The van der Waals surface area contributed by atoms with E-state index in [1.807, 2.05) is 11.9 Å². The highest BCUT2D eigenvalue weighted by atomic mass is 35.5. The monoisotopic (exact) mass is 324 g/mol. The fourth-order valence-corrected chi connectivity index (χ4v) is 3.36. The highest BCUT2D eigenvalue weighted by Gasteiger charge is 2.24. The summed E-state index contributed by atoms with van der Waals surface area (Å²) in [6.45, 7) is 2.38. The first-order chi connectivity index (χ1) is 10.1. The molecule has 1 aliphatic rings. The van der Waals surface area contributed by atoms with Crippen molar-refractivity contribution in [2.45, 2.75) is 32.2 Å². The van der Waals surface area contributed by atoms with Gasteiger partial charge >= 0.3 is 0 Å². The van der Waals surface area contributed by atoms with Crippen molar-refractivity contribution in [2.24, 2.45) is 0 Å². The Morgan fingerprint density at radius 3 is 2.95 bits per heavy atom. The van der Waals surface area contributed by atoms with Gasteiger partial charge in [0.1, 0.15) is 10.6 Å². The zero-order valence-corrected chi connectivity index (χ0v) is 13.6. The summed E-state index contributed by atoms with van der Waals surface area (Å²) in [5.74, 6) is 0.737. The number of hydrogen-bond acceptors (Lipinski definition) is 5. The van der Waals surface area contributed by atoms with E-state index in [9.17, 15) is 4.79 Å². The van der Waals surface area contributed by atoms with Crippen LogP contribution in [0.1, 0.15) is 24.6 Å². The van der Waals surface area contributed by atoms with Crippen molar-refractivity contribution >= 4 is 44.9 Å². The van der Waals surface area contributed by atoms with Crippen LogP contribution in [0.25, 0.3) is 10.2 Å². The van der Waals surface area contributed by atoms with E-state index in [-0.39, 0.29) is 17.7 Å². The molecule has 2 aromatic heterocycles. The number of halogens is 1. The maximum absolute atomic E-state index is 11.9. The first kappa shape index (κ1) is 14.5. The summed E-state index contributed by atoms with van der Waals surface area (Å²) in [5.41, 5.74) is 0. The second kappa shape index (κ2) is 5.77. The third-order valence-electron chi connectivity index (χ3n) is 3.43. The third-order valence-corrected chi connectivity index (χ3v) is 4.77. The van der Waals surface area contributed by atoms with Gasteiger partial charge in [0, 0.05) is 18.0 Å². The van der Waals surface area contributed by atoms with E-state index in [1.54, 1.807) is 11.3 Å². The molecule has 2 heterocycles. The topological polar surface area (TPSA) is 58.1 Å². The van der Waals surface area contributed by atoms with Gasteiger partial charge < -0.3 is 10.2 Å². The largest absolute Gasteiger partial charge is 0.352 e. The molecule has 1 saturated carbocycles. The van der Waals surface area contributed by atoms with Crippen molar-refractivity contribution in [1.82, 2.24) is 15.3 Å². The van der Waals surface area contributed by atoms with Crippen molar-refractivity contribution in [2.75, 3.05) is 18.5 Å². The van der Waals surface area contributed by atoms with Crippen LogP contribution in [0.5, 0.6) is 0 Å². The molecule has 0 radical (unpaired) electrons. The van der Waals surface area contributed by atoms with Gasteiger partial charge in [-0.3, -0.25) is 4.79 Å². The summed E-state index contributed by atoms with van der Waals surface area (Å²) in [4.78, 5) is 24.4. The van der Waals surface area contributed by atoms with E-state index in [2.05, 4.69) is 28.3 Å². The Kier molecular flexibility index (Phi) is 3.99. The Bertz CT molecular complexity index is 683. The average Bonchev–Trinajstić information content (AvgIpc) is 3.14. The molecule has 0 spiro atoms. The number of aryl methyl sites for hydroxylation is 1. The maximum atomic E-state index is 11.9. The standard InChI is InChI=1S/C14H17ClN4OS/c1-3-9-6-10-12(17-14(15)18-13(10)21-9)19(2)7-11(20)16-8-4-5-8/h6,8H,3-5,7H2,1-2H3,(H,16,20). The quantitative estimate of drug-likeness (QED) is 0.859. The minimum atomic E-state index is 0.0221. The number of nitrogens with zero attached hydrogens (tertiary/aromatic N) is 3. The number of likely N-dealkylation sites (N-methyl/N-ethyl adjacent to an activating group) is 1. The van der Waals surface area contributed by atoms with Crippen molar-refractivity contribution in [1.29, 1.82) is 0 Å². The summed E-state index contributed by atoms with van der Waals surface area (Å²) in [6.07, 6.45) is 3.12. The number of rotatable bonds is 5. The first-order valence-electron chi connectivity index (χ1n) is 7.03. The van der Waals surface area contributed by atoms with E-state index < -0.39 is 0 Å². The summed E-state index contributed by atoms with van der Waals surface area (Å²) < 4.78 is 0. The predicted octanol–water partition coefficient (Wildman–Crippen LogP) is 2.62. The molecule has 0 saturated heterocycles. The summed E-state index contributed by atoms with van der Waals surface area (Å²) in [6, 6.07) is 2.45. The second-order valence-electron chi connectivity index (χ2n) is 5.30. The summed E-state index contributed by atoms with van der Waals surface area (Å²) >= 11 is 7.63. The highest BCUT2D eigenvalue weighted by Crippen LogP contribution is 2.31. The van der Waals surface area contributed by atoms with Crippen molar-refractivity contribution < 1.29 is 4.79 Å². The fraction of sp³-hybridized carbons (Fsp3) is 0.500. The summed E-state index contributed by atoms with van der Waals surface area (Å²) in [5, 5.41) is 4.16. The van der Waals surface area contributed by atoms with Crippen LogP contribution in [0.3, 0.4) is 0 Å².